The molecule has 0 atom stereocenters. The zero-order chi connectivity index (χ0) is 15.0. The summed E-state index contributed by atoms with van der Waals surface area (Å²) in [6.45, 7) is 2.94. The molecule has 1 saturated heterocycles. The molecule has 0 unspecified atom stereocenters. The first-order chi connectivity index (χ1) is 9.19. The van der Waals surface area contributed by atoms with Gasteiger partial charge in [-0.2, -0.15) is 0 Å². The molecule has 1 heterocycles. The van der Waals surface area contributed by atoms with Gasteiger partial charge in [-0.15, -0.1) is 0 Å². The van der Waals surface area contributed by atoms with Gasteiger partial charge >= 0.3 is 0 Å². The van der Waals surface area contributed by atoms with Crippen LogP contribution in [0.5, 0.6) is 0 Å². The van der Waals surface area contributed by atoms with E-state index in [0.717, 1.165) is 25.6 Å². The van der Waals surface area contributed by atoms with Crippen LogP contribution in [0.3, 0.4) is 0 Å². The van der Waals surface area contributed by atoms with Crippen LogP contribution in [0.4, 0.5) is 5.69 Å². The summed E-state index contributed by atoms with van der Waals surface area (Å²) >= 11 is 0. The topological polar surface area (TPSA) is 83.6 Å². The minimum absolute atomic E-state index is 0.0248. The Kier molecular flexibility index (Phi) is 4.08. The molecule has 0 radical (unpaired) electrons. The summed E-state index contributed by atoms with van der Waals surface area (Å²) in [6.07, 6.45) is 2.17. The lowest BCUT2D eigenvalue weighted by atomic mass is 10.2. The average molecular weight is 318 g/mol. The number of hydrogen-bond donors (Lipinski definition) is 1. The van der Waals surface area contributed by atoms with Crippen LogP contribution in [-0.2, 0) is 19.7 Å². The van der Waals surface area contributed by atoms with Crippen molar-refractivity contribution in [2.24, 2.45) is 0 Å². The highest BCUT2D eigenvalue weighted by atomic mass is 32.2. The molecular formula is C12H18N2O4S2. The van der Waals surface area contributed by atoms with E-state index < -0.39 is 19.7 Å². The number of anilines is 1. The van der Waals surface area contributed by atoms with Crippen molar-refractivity contribution in [3.05, 3.63) is 18.2 Å². The van der Waals surface area contributed by atoms with E-state index in [-0.39, 0.29) is 9.79 Å². The number of piperazine rings is 1. The van der Waals surface area contributed by atoms with Crippen molar-refractivity contribution < 1.29 is 16.8 Å². The monoisotopic (exact) mass is 318 g/mol. The molecule has 1 N–H and O–H groups in total. The molecule has 20 heavy (non-hydrogen) atoms. The summed E-state index contributed by atoms with van der Waals surface area (Å²) in [4.78, 5) is 2.05. The van der Waals surface area contributed by atoms with Gasteiger partial charge in [0.05, 0.1) is 15.5 Å². The third-order valence-electron chi connectivity index (χ3n) is 3.22. The molecule has 112 valence electrons. The lowest BCUT2D eigenvalue weighted by Gasteiger charge is -2.30. The third kappa shape index (κ3) is 3.31. The minimum Gasteiger partial charge on any atom is -0.368 e. The van der Waals surface area contributed by atoms with Crippen LogP contribution in [0.15, 0.2) is 28.0 Å². The van der Waals surface area contributed by atoms with E-state index in [0.29, 0.717) is 18.8 Å². The fraction of sp³-hybridized carbons (Fsp3) is 0.500. The van der Waals surface area contributed by atoms with Crippen molar-refractivity contribution in [3.63, 3.8) is 0 Å². The third-order valence-corrected chi connectivity index (χ3v) is 5.45. The molecule has 0 bridgehead atoms. The number of rotatable bonds is 3. The molecule has 1 aromatic carbocycles. The van der Waals surface area contributed by atoms with Crippen LogP contribution in [0.25, 0.3) is 0 Å². The van der Waals surface area contributed by atoms with Crippen molar-refractivity contribution in [1.82, 2.24) is 5.32 Å². The van der Waals surface area contributed by atoms with Crippen molar-refractivity contribution >= 4 is 25.4 Å². The zero-order valence-corrected chi connectivity index (χ0v) is 13.1. The summed E-state index contributed by atoms with van der Waals surface area (Å²) in [5.74, 6) is 0. The van der Waals surface area contributed by atoms with Crippen LogP contribution in [0.1, 0.15) is 0 Å². The van der Waals surface area contributed by atoms with Crippen LogP contribution < -0.4 is 10.2 Å². The number of sulfone groups is 2. The number of nitrogens with zero attached hydrogens (tertiary/aromatic N) is 1. The lowest BCUT2D eigenvalue weighted by molar-refractivity contribution is 0.580. The molecule has 1 aromatic rings. The predicted octanol–water partition coefficient (Wildman–Crippen LogP) is -0.0968. The van der Waals surface area contributed by atoms with Gasteiger partial charge in [-0.1, -0.05) is 0 Å². The minimum atomic E-state index is -3.49. The summed E-state index contributed by atoms with van der Waals surface area (Å²) in [5, 5.41) is 3.19. The summed E-state index contributed by atoms with van der Waals surface area (Å²) in [6, 6.07) is 4.29. The summed E-state index contributed by atoms with van der Waals surface area (Å²) in [7, 11) is -6.92. The van der Waals surface area contributed by atoms with Crippen LogP contribution in [-0.4, -0.2) is 55.5 Å². The molecule has 0 aromatic heterocycles. The smallest absolute Gasteiger partial charge is 0.177 e. The van der Waals surface area contributed by atoms with E-state index >= 15 is 0 Å². The van der Waals surface area contributed by atoms with Gasteiger partial charge in [0.1, 0.15) is 0 Å². The first-order valence-corrected chi connectivity index (χ1v) is 9.98. The second-order valence-corrected chi connectivity index (χ2v) is 8.91. The highest BCUT2D eigenvalue weighted by Crippen LogP contribution is 2.28. The molecule has 1 aliphatic heterocycles. The van der Waals surface area contributed by atoms with E-state index in [1.807, 2.05) is 4.90 Å². The van der Waals surface area contributed by atoms with Gasteiger partial charge in [0, 0.05) is 38.7 Å². The van der Waals surface area contributed by atoms with Gasteiger partial charge in [-0.25, -0.2) is 16.8 Å². The Morgan fingerprint density at radius 2 is 1.60 bits per heavy atom. The molecule has 0 amide bonds. The normalized spacial score (nSPS) is 17.2. The van der Waals surface area contributed by atoms with E-state index in [9.17, 15) is 16.8 Å². The van der Waals surface area contributed by atoms with E-state index in [1.165, 1.54) is 12.1 Å². The maximum Gasteiger partial charge on any atom is 0.177 e. The maximum absolute atomic E-state index is 11.9. The Labute approximate surface area is 119 Å². The first-order valence-electron chi connectivity index (χ1n) is 6.19. The molecular weight excluding hydrogens is 300 g/mol. The van der Waals surface area contributed by atoms with Crippen LogP contribution in [0.2, 0.25) is 0 Å². The molecule has 8 heteroatoms. The van der Waals surface area contributed by atoms with E-state index in [2.05, 4.69) is 5.32 Å². The molecule has 1 aliphatic rings. The van der Waals surface area contributed by atoms with Gasteiger partial charge in [0.25, 0.3) is 0 Å². The predicted molar refractivity (Wildman–Crippen MR) is 77.7 cm³/mol. The zero-order valence-electron chi connectivity index (χ0n) is 11.5. The molecule has 1 fully saturated rings. The molecule has 6 nitrogen and oxygen atoms in total. The summed E-state index contributed by atoms with van der Waals surface area (Å²) in [5.41, 5.74) is 0.571. The van der Waals surface area contributed by atoms with Gasteiger partial charge in [-0.05, 0) is 18.2 Å². The fourth-order valence-electron chi connectivity index (χ4n) is 2.19. The number of benzene rings is 1. The SMILES string of the molecule is CS(=O)(=O)c1ccc(N2CCNCC2)c(S(C)(=O)=O)c1. The Morgan fingerprint density at radius 1 is 1.00 bits per heavy atom. The average Bonchev–Trinajstić information content (AvgIpc) is 2.37. The molecule has 2 rings (SSSR count). The van der Waals surface area contributed by atoms with Gasteiger partial charge < -0.3 is 10.2 Å². The number of hydrogen-bond acceptors (Lipinski definition) is 6. The van der Waals surface area contributed by atoms with Crippen molar-refractivity contribution in [1.29, 1.82) is 0 Å². The van der Waals surface area contributed by atoms with E-state index in [4.69, 9.17) is 0 Å². The van der Waals surface area contributed by atoms with Crippen LogP contribution in [0, 0.1) is 0 Å². The Hall–Kier alpha value is -1.12. The van der Waals surface area contributed by atoms with Crippen LogP contribution >= 0.6 is 0 Å². The molecule has 0 spiro atoms. The van der Waals surface area contributed by atoms with Crippen molar-refractivity contribution in [3.8, 4) is 0 Å². The van der Waals surface area contributed by atoms with Gasteiger partial charge in [-0.3, -0.25) is 0 Å². The fourth-order valence-corrected chi connectivity index (χ4v) is 3.83. The lowest BCUT2D eigenvalue weighted by Crippen LogP contribution is -2.44. The number of nitrogens with one attached hydrogen (secondary N) is 1. The second-order valence-electron chi connectivity index (χ2n) is 4.91. The second kappa shape index (κ2) is 5.34. The highest BCUT2D eigenvalue weighted by Gasteiger charge is 2.22. The quantitative estimate of drug-likeness (QED) is 0.838. The largest absolute Gasteiger partial charge is 0.368 e. The Balaban J connectivity index is 2.57. The van der Waals surface area contributed by atoms with Crippen molar-refractivity contribution in [2.75, 3.05) is 43.6 Å². The van der Waals surface area contributed by atoms with Gasteiger partial charge in [0.2, 0.25) is 0 Å². The van der Waals surface area contributed by atoms with E-state index in [1.54, 1.807) is 6.07 Å². The van der Waals surface area contributed by atoms with Crippen molar-refractivity contribution in [2.45, 2.75) is 9.79 Å². The molecule has 0 aliphatic carbocycles. The Morgan fingerprint density at radius 3 is 2.10 bits per heavy atom. The standard InChI is InChI=1S/C12H18N2O4S2/c1-19(15,16)10-3-4-11(12(9-10)20(2,17)18)14-7-5-13-6-8-14/h3-4,9,13H,5-8H2,1-2H3. The molecule has 0 saturated carbocycles. The maximum atomic E-state index is 11.9. The Bertz CT molecular complexity index is 705. The highest BCUT2D eigenvalue weighted by molar-refractivity contribution is 7.91. The summed E-state index contributed by atoms with van der Waals surface area (Å²) < 4.78 is 47.0. The first kappa shape index (κ1) is 15.3. The van der Waals surface area contributed by atoms with Gasteiger partial charge in [0.15, 0.2) is 19.7 Å².